The first kappa shape index (κ1) is 17.0. The van der Waals surface area contributed by atoms with Gasteiger partial charge in [0.05, 0.1) is 5.56 Å². The molecule has 0 aliphatic rings. The summed E-state index contributed by atoms with van der Waals surface area (Å²) in [6.45, 7) is 5.41. The molecule has 0 radical (unpaired) electrons. The van der Waals surface area contributed by atoms with E-state index in [1.807, 2.05) is 20.8 Å². The van der Waals surface area contributed by atoms with Crippen LogP contribution in [0.5, 0.6) is 0 Å². The molecule has 1 rings (SSSR count). The fourth-order valence-corrected chi connectivity index (χ4v) is 2.28. The molecule has 0 bridgehead atoms. The quantitative estimate of drug-likeness (QED) is 0.789. The predicted molar refractivity (Wildman–Crippen MR) is 80.8 cm³/mol. The number of rotatable bonds is 4. The molecule has 8 heteroatoms. The number of urea groups is 1. The highest BCUT2D eigenvalue weighted by Crippen LogP contribution is 2.23. The van der Waals surface area contributed by atoms with Gasteiger partial charge >= 0.3 is 12.0 Å². The van der Waals surface area contributed by atoms with Crippen LogP contribution in [0.4, 0.5) is 9.80 Å². The van der Waals surface area contributed by atoms with E-state index >= 15 is 0 Å². The van der Waals surface area contributed by atoms with Gasteiger partial charge in [0.25, 0.3) is 0 Å². The van der Waals surface area contributed by atoms with Crippen LogP contribution in [0.2, 0.25) is 0 Å². The number of hydrogen-bond acceptors (Lipinski definition) is 4. The van der Waals surface area contributed by atoms with Gasteiger partial charge in [0.1, 0.15) is 11.5 Å². The molecule has 0 unspecified atom stereocenters. The van der Waals surface area contributed by atoms with E-state index in [1.165, 1.54) is 18.0 Å². The number of nitrogens with zero attached hydrogens (tertiary/aromatic N) is 1. The maximum absolute atomic E-state index is 11.9. The fourth-order valence-electron chi connectivity index (χ4n) is 1.51. The largest absolute Gasteiger partial charge is 0.478 e. The van der Waals surface area contributed by atoms with Gasteiger partial charge in [-0.3, -0.25) is 10.1 Å². The van der Waals surface area contributed by atoms with Crippen molar-refractivity contribution in [1.82, 2.24) is 10.2 Å². The molecule has 3 amide bonds. The monoisotopic (exact) mass is 313 g/mol. The van der Waals surface area contributed by atoms with Gasteiger partial charge < -0.3 is 15.3 Å². The second kappa shape index (κ2) is 6.57. The lowest BCUT2D eigenvalue weighted by atomic mass is 10.1. The highest BCUT2D eigenvalue weighted by atomic mass is 32.1. The molecule has 1 heterocycles. The molecule has 0 aliphatic carbocycles. The normalized spacial score (nSPS) is 10.9. The number of likely N-dealkylation sites (N-methyl/N-ethyl adjacent to an activating group) is 1. The van der Waals surface area contributed by atoms with Crippen molar-refractivity contribution in [2.75, 3.05) is 18.9 Å². The number of aromatic carboxylic acids is 1. The Bertz CT molecular complexity index is 548. The van der Waals surface area contributed by atoms with E-state index in [-0.39, 0.29) is 28.6 Å². The van der Waals surface area contributed by atoms with Crippen LogP contribution in [-0.2, 0) is 4.79 Å². The van der Waals surface area contributed by atoms with Crippen molar-refractivity contribution in [3.05, 3.63) is 17.0 Å². The van der Waals surface area contributed by atoms with Gasteiger partial charge in [-0.15, -0.1) is 11.3 Å². The minimum atomic E-state index is -1.11. The van der Waals surface area contributed by atoms with Crippen LogP contribution in [0.25, 0.3) is 0 Å². The molecule has 21 heavy (non-hydrogen) atoms. The fraction of sp³-hybridized carbons (Fsp3) is 0.462. The van der Waals surface area contributed by atoms with Gasteiger partial charge in [-0.25, -0.2) is 9.59 Å². The molecule has 1 aromatic heterocycles. The number of hydrogen-bond donors (Lipinski definition) is 3. The Kier molecular flexibility index (Phi) is 5.31. The standard InChI is InChI=1S/C13H19N3O4S/c1-13(2,3)15-9(17)7-16(4)12(20)14-10-8(11(18)19)5-6-21-10/h5-6H,7H2,1-4H3,(H,14,20)(H,15,17)(H,18,19). The first-order valence-corrected chi connectivity index (χ1v) is 7.12. The maximum Gasteiger partial charge on any atom is 0.338 e. The highest BCUT2D eigenvalue weighted by molar-refractivity contribution is 7.14. The zero-order valence-electron chi connectivity index (χ0n) is 12.4. The smallest absolute Gasteiger partial charge is 0.338 e. The van der Waals surface area contributed by atoms with E-state index in [2.05, 4.69) is 10.6 Å². The van der Waals surface area contributed by atoms with Crippen LogP contribution in [-0.4, -0.2) is 47.0 Å². The van der Waals surface area contributed by atoms with Crippen LogP contribution < -0.4 is 10.6 Å². The first-order valence-electron chi connectivity index (χ1n) is 6.24. The summed E-state index contributed by atoms with van der Waals surface area (Å²) in [5.41, 5.74) is -0.348. The van der Waals surface area contributed by atoms with E-state index in [1.54, 1.807) is 5.38 Å². The molecular formula is C13H19N3O4S. The Balaban J connectivity index is 2.61. The van der Waals surface area contributed by atoms with Crippen molar-refractivity contribution in [3.8, 4) is 0 Å². The molecule has 0 spiro atoms. The van der Waals surface area contributed by atoms with Crippen molar-refractivity contribution in [3.63, 3.8) is 0 Å². The van der Waals surface area contributed by atoms with Gasteiger partial charge in [-0.05, 0) is 32.2 Å². The number of anilines is 1. The van der Waals surface area contributed by atoms with Gasteiger partial charge in [-0.2, -0.15) is 0 Å². The van der Waals surface area contributed by atoms with Crippen molar-refractivity contribution in [2.45, 2.75) is 26.3 Å². The summed E-state index contributed by atoms with van der Waals surface area (Å²) in [5.74, 6) is -1.40. The summed E-state index contributed by atoms with van der Waals surface area (Å²) in [6.07, 6.45) is 0. The van der Waals surface area contributed by atoms with E-state index in [0.717, 1.165) is 11.3 Å². The first-order chi connectivity index (χ1) is 9.60. The lowest BCUT2D eigenvalue weighted by Gasteiger charge is -2.23. The Labute approximate surface area is 126 Å². The molecule has 1 aromatic rings. The van der Waals surface area contributed by atoms with Gasteiger partial charge in [0.2, 0.25) is 5.91 Å². The van der Waals surface area contributed by atoms with E-state index < -0.39 is 12.0 Å². The average molecular weight is 313 g/mol. The molecule has 7 nitrogen and oxygen atoms in total. The maximum atomic E-state index is 11.9. The van der Waals surface area contributed by atoms with Crippen LogP contribution in [0.15, 0.2) is 11.4 Å². The number of thiophene rings is 1. The topological polar surface area (TPSA) is 98.7 Å². The van der Waals surface area contributed by atoms with Crippen LogP contribution >= 0.6 is 11.3 Å². The number of carboxylic acid groups (broad SMARTS) is 1. The summed E-state index contributed by atoms with van der Waals surface area (Å²) >= 11 is 1.11. The van der Waals surface area contributed by atoms with Crippen LogP contribution in [0.3, 0.4) is 0 Å². The summed E-state index contributed by atoms with van der Waals surface area (Å²) in [6, 6.07) is 0.874. The molecule has 0 saturated heterocycles. The number of carbonyl (C=O) groups is 3. The Morgan fingerprint density at radius 1 is 1.33 bits per heavy atom. The van der Waals surface area contributed by atoms with E-state index in [9.17, 15) is 14.4 Å². The second-order valence-electron chi connectivity index (χ2n) is 5.55. The van der Waals surface area contributed by atoms with Gasteiger partial charge in [0, 0.05) is 12.6 Å². The summed E-state index contributed by atoms with van der Waals surface area (Å²) in [5, 5.41) is 16.0. The zero-order valence-corrected chi connectivity index (χ0v) is 13.2. The van der Waals surface area contributed by atoms with Crippen LogP contribution in [0, 0.1) is 0 Å². The van der Waals surface area contributed by atoms with Gasteiger partial charge in [0.15, 0.2) is 0 Å². The second-order valence-corrected chi connectivity index (χ2v) is 6.47. The Morgan fingerprint density at radius 2 is 1.95 bits per heavy atom. The minimum Gasteiger partial charge on any atom is -0.478 e. The minimum absolute atomic E-state index is 0.0286. The molecule has 0 aromatic carbocycles. The Morgan fingerprint density at radius 3 is 2.48 bits per heavy atom. The number of nitrogens with one attached hydrogen (secondary N) is 2. The van der Waals surface area contributed by atoms with Crippen molar-refractivity contribution < 1.29 is 19.5 Å². The Hall–Kier alpha value is -2.09. The average Bonchev–Trinajstić information content (AvgIpc) is 2.74. The van der Waals surface area contributed by atoms with E-state index in [4.69, 9.17) is 5.11 Å². The third kappa shape index (κ3) is 5.42. The lowest BCUT2D eigenvalue weighted by Crippen LogP contribution is -2.47. The molecule has 116 valence electrons. The molecule has 0 atom stereocenters. The van der Waals surface area contributed by atoms with Crippen LogP contribution in [0.1, 0.15) is 31.1 Å². The molecule has 3 N–H and O–H groups in total. The van der Waals surface area contributed by atoms with Crippen molar-refractivity contribution in [2.24, 2.45) is 0 Å². The summed E-state index contributed by atoms with van der Waals surface area (Å²) < 4.78 is 0. The van der Waals surface area contributed by atoms with E-state index in [0.29, 0.717) is 0 Å². The molecule has 0 aliphatic heterocycles. The third-order valence-electron chi connectivity index (χ3n) is 2.36. The SMILES string of the molecule is CN(CC(=O)NC(C)(C)C)C(=O)Nc1sccc1C(=O)O. The summed E-state index contributed by atoms with van der Waals surface area (Å²) in [4.78, 5) is 35.8. The number of carboxylic acids is 1. The number of carbonyl (C=O) groups excluding carboxylic acids is 2. The zero-order chi connectivity index (χ0) is 16.2. The molecular weight excluding hydrogens is 294 g/mol. The molecule has 0 fully saturated rings. The number of amides is 3. The van der Waals surface area contributed by atoms with Gasteiger partial charge in [-0.1, -0.05) is 0 Å². The van der Waals surface area contributed by atoms with Crippen molar-refractivity contribution in [1.29, 1.82) is 0 Å². The predicted octanol–water partition coefficient (Wildman–Crippen LogP) is 1.82. The summed E-state index contributed by atoms with van der Waals surface area (Å²) in [7, 11) is 1.46. The molecule has 0 saturated carbocycles. The third-order valence-corrected chi connectivity index (χ3v) is 3.19. The highest BCUT2D eigenvalue weighted by Gasteiger charge is 2.19. The lowest BCUT2D eigenvalue weighted by molar-refractivity contribution is -0.122. The van der Waals surface area contributed by atoms with Crippen molar-refractivity contribution >= 4 is 34.2 Å².